The molecule has 0 spiro atoms. The summed E-state index contributed by atoms with van der Waals surface area (Å²) in [4.78, 5) is 16.0. The maximum absolute atomic E-state index is 17.2. The third kappa shape index (κ3) is 8.60. The molecule has 13 heteroatoms. The van der Waals surface area contributed by atoms with E-state index in [1.165, 1.54) is 35.6 Å². The predicted octanol–water partition coefficient (Wildman–Crippen LogP) is 7.80. The van der Waals surface area contributed by atoms with Crippen LogP contribution in [0.3, 0.4) is 0 Å². The summed E-state index contributed by atoms with van der Waals surface area (Å²) in [5.74, 6) is -1.65. The number of hydrogen-bond acceptors (Lipinski definition) is 4. The lowest BCUT2D eigenvalue weighted by molar-refractivity contribution is -0.137. The minimum absolute atomic E-state index is 0.0294. The highest BCUT2D eigenvalue weighted by atomic mass is 35.5. The van der Waals surface area contributed by atoms with E-state index in [9.17, 15) is 26.4 Å². The van der Waals surface area contributed by atoms with Crippen LogP contribution in [-0.2, 0) is 33.1 Å². The van der Waals surface area contributed by atoms with E-state index in [4.69, 9.17) is 34.8 Å². The first-order chi connectivity index (χ1) is 19.5. The lowest BCUT2D eigenvalue weighted by atomic mass is 9.78. The molecule has 0 amide bonds. The molecule has 0 bridgehead atoms. The summed E-state index contributed by atoms with van der Waals surface area (Å²) in [7, 11) is -1.81. The number of piperidine rings is 1. The molecule has 0 aliphatic carbocycles. The van der Waals surface area contributed by atoms with E-state index in [1.807, 2.05) is 11.8 Å². The van der Waals surface area contributed by atoms with Crippen molar-refractivity contribution in [3.8, 4) is 0 Å². The van der Waals surface area contributed by atoms with Crippen molar-refractivity contribution in [1.82, 2.24) is 9.21 Å². The first-order valence-corrected chi connectivity index (χ1v) is 16.6. The number of alkyl halides is 4. The van der Waals surface area contributed by atoms with Gasteiger partial charge in [-0.2, -0.15) is 13.2 Å². The van der Waals surface area contributed by atoms with Crippen molar-refractivity contribution in [3.63, 3.8) is 0 Å². The number of hydrogen-bond donors (Lipinski definition) is 0. The van der Waals surface area contributed by atoms with Crippen molar-refractivity contribution >= 4 is 50.6 Å². The fourth-order valence-corrected chi connectivity index (χ4v) is 6.72. The minimum Gasteiger partial charge on any atom is -0.303 e. The van der Waals surface area contributed by atoms with Crippen LogP contribution in [0.5, 0.6) is 0 Å². The maximum atomic E-state index is 17.2. The van der Waals surface area contributed by atoms with Crippen LogP contribution >= 0.6 is 34.8 Å². The second-order valence-corrected chi connectivity index (χ2v) is 14.2. The summed E-state index contributed by atoms with van der Waals surface area (Å²) < 4.78 is 82.8. The molecule has 3 rings (SSSR count). The van der Waals surface area contributed by atoms with Crippen LogP contribution in [-0.4, -0.2) is 62.4 Å². The van der Waals surface area contributed by atoms with E-state index < -0.39 is 44.2 Å². The van der Waals surface area contributed by atoms with E-state index in [2.05, 4.69) is 0 Å². The average Bonchev–Trinajstić information content (AvgIpc) is 2.92. The van der Waals surface area contributed by atoms with Crippen LogP contribution < -0.4 is 0 Å². The third-order valence-electron chi connectivity index (χ3n) is 7.96. The van der Waals surface area contributed by atoms with Crippen molar-refractivity contribution in [3.05, 3.63) is 68.2 Å². The highest BCUT2D eigenvalue weighted by Gasteiger charge is 2.44. The second kappa shape index (κ2) is 14.1. The Morgan fingerprint density at radius 1 is 1.02 bits per heavy atom. The molecule has 1 fully saturated rings. The number of Topliss-reactive ketones (excluding diaryl/α,β-unsaturated/α-hetero) is 1. The fourth-order valence-electron chi connectivity index (χ4n) is 5.44. The Balaban J connectivity index is 1.88. The Labute approximate surface area is 260 Å². The van der Waals surface area contributed by atoms with E-state index in [-0.39, 0.29) is 53.0 Å². The Hall–Kier alpha value is -1.43. The molecular weight excluding hydrogens is 639 g/mol. The van der Waals surface area contributed by atoms with Crippen molar-refractivity contribution in [2.45, 2.75) is 63.3 Å². The van der Waals surface area contributed by atoms with Gasteiger partial charge < -0.3 is 4.90 Å². The Bertz CT molecular complexity index is 1370. The number of carbonyl (C=O) groups is 1. The van der Waals surface area contributed by atoms with Gasteiger partial charge in [0, 0.05) is 32.0 Å². The largest absolute Gasteiger partial charge is 0.417 e. The van der Waals surface area contributed by atoms with Gasteiger partial charge >= 0.3 is 6.18 Å². The van der Waals surface area contributed by atoms with Gasteiger partial charge in [0.2, 0.25) is 10.0 Å². The van der Waals surface area contributed by atoms with E-state index in [0.717, 1.165) is 18.4 Å². The lowest BCUT2D eigenvalue weighted by Crippen LogP contribution is -2.47. The standard InChI is InChI=1S/C29H35Cl3F4N2O3S/c1-4-5-20(16-19-6-8-24(30)23(17-19)29(34,35)36)27(39)28(33,21-7-9-25(31)26(32)18-21)12-15-38-13-10-22(11-14-38)37(2)42(3,40)41/h6-9,17-18,20,22H,4-5,10-16H2,1-3H3. The van der Waals surface area contributed by atoms with Gasteiger partial charge in [-0.25, -0.2) is 17.1 Å². The summed E-state index contributed by atoms with van der Waals surface area (Å²) in [6.07, 6.45) is -1.95. The van der Waals surface area contributed by atoms with Crippen molar-refractivity contribution in [2.24, 2.45) is 5.92 Å². The number of halogens is 7. The highest BCUT2D eigenvalue weighted by molar-refractivity contribution is 7.88. The van der Waals surface area contributed by atoms with Gasteiger partial charge in [0.25, 0.3) is 0 Å². The molecule has 2 aromatic rings. The molecule has 5 nitrogen and oxygen atoms in total. The zero-order valence-corrected chi connectivity index (χ0v) is 26.7. The van der Waals surface area contributed by atoms with Crippen molar-refractivity contribution in [1.29, 1.82) is 0 Å². The molecule has 42 heavy (non-hydrogen) atoms. The average molecular weight is 674 g/mol. The van der Waals surface area contributed by atoms with Crippen LogP contribution in [0.1, 0.15) is 55.7 Å². The molecule has 1 heterocycles. The predicted molar refractivity (Wildman–Crippen MR) is 159 cm³/mol. The molecule has 1 aliphatic rings. The van der Waals surface area contributed by atoms with Crippen LogP contribution in [0.4, 0.5) is 17.6 Å². The van der Waals surface area contributed by atoms with Crippen molar-refractivity contribution in [2.75, 3.05) is 32.9 Å². The number of likely N-dealkylation sites (tertiary alicyclic amines) is 1. The fraction of sp³-hybridized carbons (Fsp3) is 0.552. The molecule has 0 aromatic heterocycles. The molecule has 1 saturated heterocycles. The van der Waals surface area contributed by atoms with Gasteiger partial charge in [0.1, 0.15) is 0 Å². The normalized spacial score (nSPS) is 17.8. The maximum Gasteiger partial charge on any atom is 0.417 e. The van der Waals surface area contributed by atoms with Gasteiger partial charge in [-0.15, -0.1) is 0 Å². The smallest absolute Gasteiger partial charge is 0.303 e. The Morgan fingerprint density at radius 2 is 1.64 bits per heavy atom. The molecule has 2 unspecified atom stereocenters. The summed E-state index contributed by atoms with van der Waals surface area (Å²) in [5, 5.41) is -0.182. The zero-order chi connectivity index (χ0) is 31.5. The van der Waals surface area contributed by atoms with Gasteiger partial charge in [0.05, 0.1) is 26.9 Å². The summed E-state index contributed by atoms with van der Waals surface area (Å²) in [6, 6.07) is 7.45. The molecule has 2 atom stereocenters. The van der Waals surface area contributed by atoms with E-state index in [0.29, 0.717) is 32.4 Å². The van der Waals surface area contributed by atoms with Crippen LogP contribution in [0.25, 0.3) is 0 Å². The monoisotopic (exact) mass is 672 g/mol. The first-order valence-electron chi connectivity index (χ1n) is 13.7. The summed E-state index contributed by atoms with van der Waals surface area (Å²) in [6.45, 7) is 3.05. The molecule has 0 radical (unpaired) electrons. The highest BCUT2D eigenvalue weighted by Crippen LogP contribution is 2.40. The van der Waals surface area contributed by atoms with Crippen LogP contribution in [0, 0.1) is 5.92 Å². The van der Waals surface area contributed by atoms with E-state index >= 15 is 4.39 Å². The minimum atomic E-state index is -4.68. The number of nitrogens with zero attached hydrogens (tertiary/aromatic N) is 2. The van der Waals surface area contributed by atoms with Crippen molar-refractivity contribution < 1.29 is 30.8 Å². The SMILES string of the molecule is CCCC(Cc1ccc(Cl)c(C(F)(F)F)c1)C(=O)C(F)(CCN1CCC(N(C)S(C)(=O)=O)CC1)c1ccc(Cl)c(Cl)c1. The molecular formula is C29H35Cl3F4N2O3S. The van der Waals surface area contributed by atoms with Crippen LogP contribution in [0.15, 0.2) is 36.4 Å². The molecule has 0 N–H and O–H groups in total. The van der Waals surface area contributed by atoms with E-state index in [1.54, 1.807) is 0 Å². The Morgan fingerprint density at radius 3 is 2.19 bits per heavy atom. The van der Waals surface area contributed by atoms with Gasteiger partial charge in [-0.1, -0.05) is 60.3 Å². The number of ketones is 1. The number of rotatable bonds is 12. The molecule has 2 aromatic carbocycles. The van der Waals surface area contributed by atoms with Gasteiger partial charge in [-0.05, 0) is 74.2 Å². The van der Waals surface area contributed by atoms with Gasteiger partial charge in [-0.3, -0.25) is 4.79 Å². The second-order valence-electron chi connectivity index (χ2n) is 10.9. The first kappa shape index (κ1) is 35.1. The molecule has 0 saturated carbocycles. The quantitative estimate of drug-likeness (QED) is 0.216. The van der Waals surface area contributed by atoms with Gasteiger partial charge in [0.15, 0.2) is 11.5 Å². The molecule has 1 aliphatic heterocycles. The zero-order valence-electron chi connectivity index (χ0n) is 23.7. The third-order valence-corrected chi connectivity index (χ3v) is 10.4. The summed E-state index contributed by atoms with van der Waals surface area (Å²) >= 11 is 18.1. The number of benzene rings is 2. The topological polar surface area (TPSA) is 57.7 Å². The number of carbonyl (C=O) groups excluding carboxylic acids is 1. The lowest BCUT2D eigenvalue weighted by Gasteiger charge is -2.37. The molecule has 234 valence electrons. The van der Waals surface area contributed by atoms with Crippen LogP contribution in [0.2, 0.25) is 15.1 Å². The summed E-state index contributed by atoms with van der Waals surface area (Å²) in [5.41, 5.74) is -3.24. The Kier molecular flexibility index (Phi) is 11.8. The number of sulfonamides is 1.